The molecular weight excluding hydrogens is 266 g/mol. The van der Waals surface area contributed by atoms with E-state index in [0.29, 0.717) is 6.61 Å². The Bertz CT molecular complexity index is 798. The molecule has 1 atom stereocenters. The van der Waals surface area contributed by atoms with Crippen molar-refractivity contribution in [2.75, 3.05) is 13.2 Å². The van der Waals surface area contributed by atoms with E-state index in [1.807, 2.05) is 28.5 Å². The Hall–Kier alpha value is -2.21. The molecule has 0 aliphatic carbocycles. The molecule has 3 aromatic heterocycles. The fraction of sp³-hybridized carbons (Fsp3) is 0.400. The van der Waals surface area contributed by atoms with Crippen LogP contribution in [0.1, 0.15) is 23.9 Å². The van der Waals surface area contributed by atoms with Crippen molar-refractivity contribution in [1.29, 1.82) is 0 Å². The highest BCUT2D eigenvalue weighted by Gasteiger charge is 2.24. The highest BCUT2D eigenvalue weighted by molar-refractivity contribution is 5.76. The van der Waals surface area contributed by atoms with Gasteiger partial charge in [-0.2, -0.15) is 10.2 Å². The molecule has 4 rings (SSSR count). The maximum Gasteiger partial charge on any atom is 0.162 e. The molecular formula is C15H17N5O. The molecule has 1 aliphatic rings. The summed E-state index contributed by atoms with van der Waals surface area (Å²) in [5.74, 6) is 1.66. The average molecular weight is 283 g/mol. The number of aromatic nitrogens is 5. The van der Waals surface area contributed by atoms with Gasteiger partial charge in [0.2, 0.25) is 0 Å². The van der Waals surface area contributed by atoms with E-state index in [4.69, 9.17) is 4.74 Å². The second-order valence-corrected chi connectivity index (χ2v) is 5.54. The second kappa shape index (κ2) is 4.66. The summed E-state index contributed by atoms with van der Waals surface area (Å²) in [6, 6.07) is 4.44. The van der Waals surface area contributed by atoms with Crippen LogP contribution in [-0.4, -0.2) is 37.6 Å². The van der Waals surface area contributed by atoms with Gasteiger partial charge >= 0.3 is 0 Å². The zero-order valence-corrected chi connectivity index (χ0v) is 12.2. The van der Waals surface area contributed by atoms with Crippen LogP contribution in [0.2, 0.25) is 0 Å². The summed E-state index contributed by atoms with van der Waals surface area (Å²) >= 11 is 0. The van der Waals surface area contributed by atoms with Crippen LogP contribution in [0, 0.1) is 13.8 Å². The van der Waals surface area contributed by atoms with Gasteiger partial charge in [-0.3, -0.25) is 0 Å². The number of hydrogen-bond acceptors (Lipinski definition) is 4. The first kappa shape index (κ1) is 12.5. The van der Waals surface area contributed by atoms with Gasteiger partial charge in [0.1, 0.15) is 5.82 Å². The number of rotatable bonds is 2. The summed E-state index contributed by atoms with van der Waals surface area (Å²) in [5, 5.41) is 9.00. The Kier molecular flexibility index (Phi) is 2.78. The molecule has 1 fully saturated rings. The Labute approximate surface area is 122 Å². The van der Waals surface area contributed by atoms with Gasteiger partial charge in [0.15, 0.2) is 5.82 Å². The van der Waals surface area contributed by atoms with Crippen LogP contribution in [0.25, 0.3) is 16.9 Å². The van der Waals surface area contributed by atoms with Gasteiger partial charge in [0, 0.05) is 12.8 Å². The van der Waals surface area contributed by atoms with Gasteiger partial charge in [-0.1, -0.05) is 6.07 Å². The number of fused-ring (bicyclic) bond motifs is 1. The van der Waals surface area contributed by atoms with Crippen molar-refractivity contribution >= 4 is 5.52 Å². The van der Waals surface area contributed by atoms with Gasteiger partial charge in [-0.05, 0) is 31.9 Å². The monoisotopic (exact) mass is 283 g/mol. The highest BCUT2D eigenvalue weighted by Crippen LogP contribution is 2.28. The summed E-state index contributed by atoms with van der Waals surface area (Å²) < 4.78 is 9.38. The maximum atomic E-state index is 5.49. The Morgan fingerprint density at radius 3 is 3.00 bits per heavy atom. The Balaban J connectivity index is 1.88. The van der Waals surface area contributed by atoms with Crippen molar-refractivity contribution in [1.82, 2.24) is 24.4 Å². The van der Waals surface area contributed by atoms with Crippen LogP contribution < -0.4 is 0 Å². The van der Waals surface area contributed by atoms with E-state index >= 15 is 0 Å². The highest BCUT2D eigenvalue weighted by atomic mass is 16.5. The minimum Gasteiger partial charge on any atom is -0.379 e. The van der Waals surface area contributed by atoms with Crippen LogP contribution in [0.3, 0.4) is 0 Å². The van der Waals surface area contributed by atoms with E-state index in [0.717, 1.165) is 35.8 Å². The molecule has 21 heavy (non-hydrogen) atoms. The first-order chi connectivity index (χ1) is 10.2. The average Bonchev–Trinajstić information content (AvgIpc) is 3.15. The van der Waals surface area contributed by atoms with Crippen molar-refractivity contribution in [3.63, 3.8) is 0 Å². The van der Waals surface area contributed by atoms with Crippen molar-refractivity contribution in [2.45, 2.75) is 26.3 Å². The third kappa shape index (κ3) is 2.03. The molecule has 0 radical (unpaired) electrons. The standard InChI is InChI=1S/C15H17N5O/c1-10-3-4-14-13(7-16-19(14)8-10)15-17-11(2)18-20(15)12-5-6-21-9-12/h3-4,7-8,12H,5-6,9H2,1-2H3. The molecule has 0 N–H and O–H groups in total. The van der Waals surface area contributed by atoms with Gasteiger partial charge in [0.05, 0.1) is 29.9 Å². The minimum absolute atomic E-state index is 0.265. The quantitative estimate of drug-likeness (QED) is 0.723. The first-order valence-electron chi connectivity index (χ1n) is 7.17. The number of pyridine rings is 1. The minimum atomic E-state index is 0.265. The number of hydrogen-bond donors (Lipinski definition) is 0. The fourth-order valence-corrected chi connectivity index (χ4v) is 2.84. The van der Waals surface area contributed by atoms with Gasteiger partial charge in [-0.25, -0.2) is 14.2 Å². The molecule has 0 spiro atoms. The smallest absolute Gasteiger partial charge is 0.162 e. The van der Waals surface area contributed by atoms with Gasteiger partial charge < -0.3 is 4.74 Å². The van der Waals surface area contributed by atoms with Crippen molar-refractivity contribution < 1.29 is 4.74 Å². The lowest BCUT2D eigenvalue weighted by molar-refractivity contribution is 0.184. The number of nitrogens with zero attached hydrogens (tertiary/aromatic N) is 5. The van der Waals surface area contributed by atoms with E-state index in [1.54, 1.807) is 0 Å². The van der Waals surface area contributed by atoms with Crippen LogP contribution >= 0.6 is 0 Å². The van der Waals surface area contributed by atoms with Crippen molar-refractivity contribution in [3.8, 4) is 11.4 Å². The zero-order valence-electron chi connectivity index (χ0n) is 12.2. The predicted molar refractivity (Wildman–Crippen MR) is 78.2 cm³/mol. The summed E-state index contributed by atoms with van der Waals surface area (Å²) in [6.45, 7) is 5.47. The zero-order chi connectivity index (χ0) is 14.4. The lowest BCUT2D eigenvalue weighted by atomic mass is 10.2. The fourth-order valence-electron chi connectivity index (χ4n) is 2.84. The van der Waals surface area contributed by atoms with Crippen molar-refractivity contribution in [3.05, 3.63) is 35.9 Å². The molecule has 0 aromatic carbocycles. The maximum absolute atomic E-state index is 5.49. The molecule has 108 valence electrons. The Morgan fingerprint density at radius 2 is 2.19 bits per heavy atom. The second-order valence-electron chi connectivity index (χ2n) is 5.54. The van der Waals surface area contributed by atoms with Crippen LogP contribution in [-0.2, 0) is 4.74 Å². The first-order valence-corrected chi connectivity index (χ1v) is 7.17. The molecule has 1 unspecified atom stereocenters. The van der Waals surface area contributed by atoms with E-state index in [2.05, 4.69) is 34.2 Å². The molecule has 6 heteroatoms. The molecule has 0 amide bonds. The van der Waals surface area contributed by atoms with Crippen molar-refractivity contribution in [2.24, 2.45) is 0 Å². The van der Waals surface area contributed by atoms with Gasteiger partial charge in [-0.15, -0.1) is 0 Å². The topological polar surface area (TPSA) is 57.2 Å². The normalized spacial score (nSPS) is 18.7. The third-order valence-corrected chi connectivity index (χ3v) is 3.89. The largest absolute Gasteiger partial charge is 0.379 e. The summed E-state index contributed by atoms with van der Waals surface area (Å²) in [6.07, 6.45) is 4.86. The lowest BCUT2D eigenvalue weighted by Crippen LogP contribution is -2.12. The molecule has 1 aliphatic heterocycles. The molecule has 3 aromatic rings. The molecule has 0 saturated carbocycles. The predicted octanol–water partition coefficient (Wildman–Crippen LogP) is 2.17. The molecule has 1 saturated heterocycles. The van der Waals surface area contributed by atoms with Crippen LogP contribution in [0.5, 0.6) is 0 Å². The summed E-state index contributed by atoms with van der Waals surface area (Å²) in [5.41, 5.74) is 3.25. The van der Waals surface area contributed by atoms with Crippen LogP contribution in [0.4, 0.5) is 0 Å². The van der Waals surface area contributed by atoms with E-state index in [1.165, 1.54) is 5.56 Å². The van der Waals surface area contributed by atoms with E-state index in [-0.39, 0.29) is 6.04 Å². The summed E-state index contributed by atoms with van der Waals surface area (Å²) in [4.78, 5) is 4.61. The molecule has 0 bridgehead atoms. The number of ether oxygens (including phenoxy) is 1. The number of aryl methyl sites for hydroxylation is 2. The Morgan fingerprint density at radius 1 is 1.29 bits per heavy atom. The van der Waals surface area contributed by atoms with Crippen LogP contribution in [0.15, 0.2) is 24.5 Å². The molecule has 4 heterocycles. The van der Waals surface area contributed by atoms with E-state index in [9.17, 15) is 0 Å². The van der Waals surface area contributed by atoms with E-state index < -0.39 is 0 Å². The van der Waals surface area contributed by atoms with Gasteiger partial charge in [0.25, 0.3) is 0 Å². The molecule has 6 nitrogen and oxygen atoms in total. The third-order valence-electron chi connectivity index (χ3n) is 3.89. The lowest BCUT2D eigenvalue weighted by Gasteiger charge is -2.10. The summed E-state index contributed by atoms with van der Waals surface area (Å²) in [7, 11) is 0. The SMILES string of the molecule is Cc1ccc2c(-c3nc(C)nn3C3CCOC3)cnn2c1.